The highest BCUT2D eigenvalue weighted by Crippen LogP contribution is 2.28. The van der Waals surface area contributed by atoms with E-state index in [4.69, 9.17) is 5.73 Å². The standard InChI is InChI=1S/C17H20F2N2/c1-11-7-17(15(12(2)20)9-16(11)19)21(3)10-13-5-4-6-14(18)8-13/h4-9,12H,10,20H2,1-3H3/t12-/m1/s1. The fourth-order valence-electron chi connectivity index (χ4n) is 2.37. The number of benzene rings is 2. The largest absolute Gasteiger partial charge is 0.370 e. The Morgan fingerprint density at radius 1 is 1.19 bits per heavy atom. The molecule has 2 rings (SSSR count). The second-order valence-corrected chi connectivity index (χ2v) is 5.43. The molecule has 21 heavy (non-hydrogen) atoms. The number of anilines is 1. The Labute approximate surface area is 124 Å². The molecule has 0 aliphatic heterocycles. The summed E-state index contributed by atoms with van der Waals surface area (Å²) < 4.78 is 27.0. The van der Waals surface area contributed by atoms with Gasteiger partial charge in [-0.15, -0.1) is 0 Å². The van der Waals surface area contributed by atoms with Gasteiger partial charge in [-0.05, 0) is 54.8 Å². The first-order chi connectivity index (χ1) is 9.88. The van der Waals surface area contributed by atoms with Crippen LogP contribution in [0.3, 0.4) is 0 Å². The Hall–Kier alpha value is -1.94. The second kappa shape index (κ2) is 6.22. The fraction of sp³-hybridized carbons (Fsp3) is 0.294. The minimum Gasteiger partial charge on any atom is -0.370 e. The van der Waals surface area contributed by atoms with E-state index in [0.29, 0.717) is 12.1 Å². The van der Waals surface area contributed by atoms with Crippen LogP contribution < -0.4 is 10.6 Å². The lowest BCUT2D eigenvalue weighted by Crippen LogP contribution is -2.21. The Bertz CT molecular complexity index is 639. The van der Waals surface area contributed by atoms with Crippen LogP contribution in [0.15, 0.2) is 36.4 Å². The first kappa shape index (κ1) is 15.4. The molecule has 0 saturated carbocycles. The molecule has 0 aliphatic rings. The molecule has 0 spiro atoms. The molecule has 2 aromatic rings. The summed E-state index contributed by atoms with van der Waals surface area (Å²) in [5.41, 5.74) is 8.98. The van der Waals surface area contributed by atoms with Gasteiger partial charge in [0.15, 0.2) is 0 Å². The number of aryl methyl sites for hydroxylation is 1. The molecule has 0 bridgehead atoms. The lowest BCUT2D eigenvalue weighted by Gasteiger charge is -2.25. The normalized spacial score (nSPS) is 12.3. The topological polar surface area (TPSA) is 29.3 Å². The van der Waals surface area contributed by atoms with Gasteiger partial charge in [-0.3, -0.25) is 0 Å². The number of halogens is 2. The molecule has 112 valence electrons. The van der Waals surface area contributed by atoms with E-state index in [1.807, 2.05) is 24.9 Å². The van der Waals surface area contributed by atoms with Gasteiger partial charge in [-0.1, -0.05) is 12.1 Å². The molecule has 1 atom stereocenters. The van der Waals surface area contributed by atoms with Crippen molar-refractivity contribution in [3.63, 3.8) is 0 Å². The van der Waals surface area contributed by atoms with Crippen molar-refractivity contribution in [2.75, 3.05) is 11.9 Å². The van der Waals surface area contributed by atoms with E-state index in [2.05, 4.69) is 0 Å². The lowest BCUT2D eigenvalue weighted by molar-refractivity contribution is 0.612. The molecule has 0 heterocycles. The summed E-state index contributed by atoms with van der Waals surface area (Å²) >= 11 is 0. The van der Waals surface area contributed by atoms with Crippen molar-refractivity contribution >= 4 is 5.69 Å². The maximum absolute atomic E-state index is 13.7. The second-order valence-electron chi connectivity index (χ2n) is 5.43. The van der Waals surface area contributed by atoms with Gasteiger partial charge in [0, 0.05) is 25.3 Å². The summed E-state index contributed by atoms with van der Waals surface area (Å²) in [4.78, 5) is 1.96. The average molecular weight is 290 g/mol. The van der Waals surface area contributed by atoms with E-state index in [9.17, 15) is 8.78 Å². The quantitative estimate of drug-likeness (QED) is 0.924. The fourth-order valence-corrected chi connectivity index (χ4v) is 2.37. The zero-order chi connectivity index (χ0) is 15.6. The number of nitrogens with zero attached hydrogens (tertiary/aromatic N) is 1. The van der Waals surface area contributed by atoms with E-state index in [1.54, 1.807) is 19.1 Å². The Morgan fingerprint density at radius 3 is 2.52 bits per heavy atom. The number of hydrogen-bond acceptors (Lipinski definition) is 2. The molecule has 0 amide bonds. The first-order valence-electron chi connectivity index (χ1n) is 6.89. The summed E-state index contributed by atoms with van der Waals surface area (Å²) in [7, 11) is 1.89. The third kappa shape index (κ3) is 3.58. The summed E-state index contributed by atoms with van der Waals surface area (Å²) in [6.07, 6.45) is 0. The van der Waals surface area contributed by atoms with Crippen LogP contribution >= 0.6 is 0 Å². The van der Waals surface area contributed by atoms with Crippen molar-refractivity contribution in [3.8, 4) is 0 Å². The van der Waals surface area contributed by atoms with E-state index in [0.717, 1.165) is 16.8 Å². The molecule has 0 aliphatic carbocycles. The molecule has 2 N–H and O–H groups in total. The van der Waals surface area contributed by atoms with Crippen molar-refractivity contribution in [2.45, 2.75) is 26.4 Å². The van der Waals surface area contributed by atoms with Gasteiger partial charge in [0.2, 0.25) is 0 Å². The van der Waals surface area contributed by atoms with E-state index in [-0.39, 0.29) is 17.7 Å². The molecule has 0 radical (unpaired) electrons. The number of hydrogen-bond donors (Lipinski definition) is 1. The monoisotopic (exact) mass is 290 g/mol. The zero-order valence-corrected chi connectivity index (χ0v) is 12.5. The Balaban J connectivity index is 2.34. The molecule has 0 fully saturated rings. The summed E-state index contributed by atoms with van der Waals surface area (Å²) in [5.74, 6) is -0.520. The SMILES string of the molecule is Cc1cc(N(C)Cc2cccc(F)c2)c([C@@H](C)N)cc1F. The van der Waals surface area contributed by atoms with Gasteiger partial charge in [0.25, 0.3) is 0 Å². The third-order valence-electron chi connectivity index (χ3n) is 3.52. The predicted octanol–water partition coefficient (Wildman–Crippen LogP) is 3.93. The number of rotatable bonds is 4. The summed E-state index contributed by atoms with van der Waals surface area (Å²) in [6, 6.07) is 9.45. The van der Waals surface area contributed by atoms with Crippen LogP contribution in [0.5, 0.6) is 0 Å². The van der Waals surface area contributed by atoms with Crippen molar-refractivity contribution in [2.24, 2.45) is 5.73 Å². The molecule has 2 nitrogen and oxygen atoms in total. The molecule has 0 saturated heterocycles. The predicted molar refractivity (Wildman–Crippen MR) is 82.2 cm³/mol. The van der Waals surface area contributed by atoms with Crippen molar-refractivity contribution in [1.82, 2.24) is 0 Å². The van der Waals surface area contributed by atoms with E-state index >= 15 is 0 Å². The van der Waals surface area contributed by atoms with Gasteiger partial charge < -0.3 is 10.6 Å². The molecular formula is C17H20F2N2. The average Bonchev–Trinajstić information content (AvgIpc) is 2.41. The van der Waals surface area contributed by atoms with Crippen LogP contribution in [0.2, 0.25) is 0 Å². The van der Waals surface area contributed by atoms with E-state index in [1.165, 1.54) is 18.2 Å². The highest BCUT2D eigenvalue weighted by molar-refractivity contribution is 5.56. The van der Waals surface area contributed by atoms with Crippen LogP contribution in [0, 0.1) is 18.6 Å². The molecule has 4 heteroatoms. The lowest BCUT2D eigenvalue weighted by atomic mass is 10.0. The number of nitrogens with two attached hydrogens (primary N) is 1. The summed E-state index contributed by atoms with van der Waals surface area (Å²) in [6.45, 7) is 4.08. The van der Waals surface area contributed by atoms with Gasteiger partial charge >= 0.3 is 0 Å². The maximum Gasteiger partial charge on any atom is 0.126 e. The highest BCUT2D eigenvalue weighted by Gasteiger charge is 2.14. The highest BCUT2D eigenvalue weighted by atomic mass is 19.1. The van der Waals surface area contributed by atoms with Crippen LogP contribution in [0.4, 0.5) is 14.5 Å². The minimum atomic E-state index is -0.273. The van der Waals surface area contributed by atoms with Crippen molar-refractivity contribution < 1.29 is 8.78 Å². The van der Waals surface area contributed by atoms with Gasteiger partial charge in [-0.2, -0.15) is 0 Å². The van der Waals surface area contributed by atoms with Crippen molar-refractivity contribution in [1.29, 1.82) is 0 Å². The molecule has 2 aromatic carbocycles. The minimum absolute atomic E-state index is 0.259. The molecule has 0 aromatic heterocycles. The third-order valence-corrected chi connectivity index (χ3v) is 3.52. The van der Waals surface area contributed by atoms with Gasteiger partial charge in [-0.25, -0.2) is 8.78 Å². The Kier molecular flexibility index (Phi) is 4.58. The van der Waals surface area contributed by atoms with E-state index < -0.39 is 0 Å². The van der Waals surface area contributed by atoms with Crippen LogP contribution in [0.1, 0.15) is 29.7 Å². The van der Waals surface area contributed by atoms with Crippen LogP contribution in [-0.4, -0.2) is 7.05 Å². The van der Waals surface area contributed by atoms with Crippen LogP contribution in [-0.2, 0) is 6.54 Å². The smallest absolute Gasteiger partial charge is 0.126 e. The molecular weight excluding hydrogens is 270 g/mol. The molecule has 0 unspecified atom stereocenters. The Morgan fingerprint density at radius 2 is 1.90 bits per heavy atom. The maximum atomic E-state index is 13.7. The van der Waals surface area contributed by atoms with Crippen molar-refractivity contribution in [3.05, 3.63) is 64.7 Å². The zero-order valence-electron chi connectivity index (χ0n) is 12.5. The van der Waals surface area contributed by atoms with Gasteiger partial charge in [0.05, 0.1) is 0 Å². The first-order valence-corrected chi connectivity index (χ1v) is 6.89. The van der Waals surface area contributed by atoms with Gasteiger partial charge in [0.1, 0.15) is 11.6 Å². The summed E-state index contributed by atoms with van der Waals surface area (Å²) in [5, 5.41) is 0. The van der Waals surface area contributed by atoms with Crippen LogP contribution in [0.25, 0.3) is 0 Å².